The molecule has 0 aliphatic heterocycles. The van der Waals surface area contributed by atoms with Crippen LogP contribution in [-0.4, -0.2) is 12.9 Å². The first kappa shape index (κ1) is 13.9. The molecular weight excluding hydrogens is 271 g/mol. The third-order valence-electron chi connectivity index (χ3n) is 2.75. The SMILES string of the molecule is COc1ccc(C(=O)c2cc(F)c(F)cc2F)cc1N. The molecule has 0 radical (unpaired) electrons. The highest BCUT2D eigenvalue weighted by Crippen LogP contribution is 2.24. The molecule has 0 bridgehead atoms. The van der Waals surface area contributed by atoms with Gasteiger partial charge in [-0.15, -0.1) is 0 Å². The van der Waals surface area contributed by atoms with Crippen LogP contribution in [0.3, 0.4) is 0 Å². The van der Waals surface area contributed by atoms with Crippen LogP contribution in [0, 0.1) is 17.5 Å². The standard InChI is InChI=1S/C14H10F3NO2/c1-20-13-3-2-7(4-12(13)18)14(19)8-5-10(16)11(17)6-9(8)15/h2-6H,18H2,1H3. The molecule has 0 fully saturated rings. The van der Waals surface area contributed by atoms with Crippen molar-refractivity contribution in [3.8, 4) is 5.75 Å². The van der Waals surface area contributed by atoms with E-state index in [-0.39, 0.29) is 11.3 Å². The zero-order chi connectivity index (χ0) is 14.9. The monoisotopic (exact) mass is 281 g/mol. The van der Waals surface area contributed by atoms with Crippen LogP contribution in [0.15, 0.2) is 30.3 Å². The van der Waals surface area contributed by atoms with Crippen molar-refractivity contribution in [1.82, 2.24) is 0 Å². The second-order valence-corrected chi connectivity index (χ2v) is 4.03. The van der Waals surface area contributed by atoms with Crippen LogP contribution >= 0.6 is 0 Å². The first-order valence-corrected chi connectivity index (χ1v) is 5.56. The number of ketones is 1. The number of carbonyl (C=O) groups is 1. The lowest BCUT2D eigenvalue weighted by Crippen LogP contribution is -2.07. The van der Waals surface area contributed by atoms with Gasteiger partial charge in [-0.25, -0.2) is 13.2 Å². The Hall–Kier alpha value is -2.50. The molecule has 0 saturated heterocycles. The molecule has 3 nitrogen and oxygen atoms in total. The number of anilines is 1. The summed E-state index contributed by atoms with van der Waals surface area (Å²) < 4.78 is 44.4. The van der Waals surface area contributed by atoms with Crippen LogP contribution in [0.5, 0.6) is 5.75 Å². The Morgan fingerprint density at radius 2 is 1.70 bits per heavy atom. The first-order chi connectivity index (χ1) is 9.43. The van der Waals surface area contributed by atoms with E-state index in [1.54, 1.807) is 0 Å². The van der Waals surface area contributed by atoms with Crippen LogP contribution in [0.2, 0.25) is 0 Å². The molecule has 0 saturated carbocycles. The van der Waals surface area contributed by atoms with Gasteiger partial charge >= 0.3 is 0 Å². The fourth-order valence-corrected chi connectivity index (χ4v) is 1.73. The predicted octanol–water partition coefficient (Wildman–Crippen LogP) is 2.93. The van der Waals surface area contributed by atoms with Gasteiger partial charge in [0, 0.05) is 11.6 Å². The third-order valence-corrected chi connectivity index (χ3v) is 2.75. The number of ether oxygens (including phenoxy) is 1. The number of nitrogens with two attached hydrogens (primary N) is 1. The van der Waals surface area contributed by atoms with E-state index in [1.807, 2.05) is 0 Å². The summed E-state index contributed by atoms with van der Waals surface area (Å²) in [6.07, 6.45) is 0. The van der Waals surface area contributed by atoms with Crippen molar-refractivity contribution in [1.29, 1.82) is 0 Å². The van der Waals surface area contributed by atoms with E-state index in [1.165, 1.54) is 25.3 Å². The van der Waals surface area contributed by atoms with E-state index in [2.05, 4.69) is 0 Å². The lowest BCUT2D eigenvalue weighted by atomic mass is 10.0. The lowest BCUT2D eigenvalue weighted by Gasteiger charge is -2.07. The van der Waals surface area contributed by atoms with E-state index in [0.717, 1.165) is 0 Å². The van der Waals surface area contributed by atoms with E-state index in [4.69, 9.17) is 10.5 Å². The highest BCUT2D eigenvalue weighted by molar-refractivity contribution is 6.09. The summed E-state index contributed by atoms with van der Waals surface area (Å²) in [4.78, 5) is 12.1. The highest BCUT2D eigenvalue weighted by atomic mass is 19.2. The molecule has 0 heterocycles. The van der Waals surface area contributed by atoms with Crippen LogP contribution in [0.4, 0.5) is 18.9 Å². The van der Waals surface area contributed by atoms with Gasteiger partial charge < -0.3 is 10.5 Å². The molecule has 2 aromatic rings. The third kappa shape index (κ3) is 2.45. The smallest absolute Gasteiger partial charge is 0.196 e. The molecule has 0 amide bonds. The van der Waals surface area contributed by atoms with Crippen LogP contribution in [0.25, 0.3) is 0 Å². The van der Waals surface area contributed by atoms with Gasteiger partial charge in [0.1, 0.15) is 11.6 Å². The normalized spacial score (nSPS) is 10.4. The zero-order valence-corrected chi connectivity index (χ0v) is 10.4. The zero-order valence-electron chi connectivity index (χ0n) is 10.4. The maximum atomic E-state index is 13.5. The summed E-state index contributed by atoms with van der Waals surface area (Å²) in [5.41, 5.74) is 5.30. The summed E-state index contributed by atoms with van der Waals surface area (Å²) in [5, 5.41) is 0. The van der Waals surface area contributed by atoms with Crippen molar-refractivity contribution in [2.45, 2.75) is 0 Å². The molecule has 0 aromatic heterocycles. The highest BCUT2D eigenvalue weighted by Gasteiger charge is 2.18. The average molecular weight is 281 g/mol. The van der Waals surface area contributed by atoms with Crippen molar-refractivity contribution in [3.05, 3.63) is 58.9 Å². The molecule has 0 atom stereocenters. The quantitative estimate of drug-likeness (QED) is 0.534. The van der Waals surface area contributed by atoms with Crippen LogP contribution in [0.1, 0.15) is 15.9 Å². The predicted molar refractivity (Wildman–Crippen MR) is 67.2 cm³/mol. The summed E-state index contributed by atoms with van der Waals surface area (Å²) in [5.74, 6) is -4.23. The molecule has 20 heavy (non-hydrogen) atoms. The average Bonchev–Trinajstić information content (AvgIpc) is 2.42. The molecule has 0 aliphatic rings. The molecule has 0 unspecified atom stereocenters. The molecule has 104 valence electrons. The van der Waals surface area contributed by atoms with E-state index in [9.17, 15) is 18.0 Å². The number of nitrogen functional groups attached to an aromatic ring is 1. The van der Waals surface area contributed by atoms with E-state index < -0.39 is 28.8 Å². The maximum Gasteiger partial charge on any atom is 0.196 e. The van der Waals surface area contributed by atoms with Gasteiger partial charge in [-0.3, -0.25) is 4.79 Å². The fraction of sp³-hybridized carbons (Fsp3) is 0.0714. The Morgan fingerprint density at radius 1 is 1.05 bits per heavy atom. The first-order valence-electron chi connectivity index (χ1n) is 5.56. The molecule has 0 spiro atoms. The van der Waals surface area contributed by atoms with E-state index >= 15 is 0 Å². The Morgan fingerprint density at radius 3 is 2.30 bits per heavy atom. The van der Waals surface area contributed by atoms with Gasteiger partial charge in [0.25, 0.3) is 0 Å². The van der Waals surface area contributed by atoms with Crippen molar-refractivity contribution < 1.29 is 22.7 Å². The van der Waals surface area contributed by atoms with Gasteiger partial charge in [0.2, 0.25) is 0 Å². The number of hydrogen-bond acceptors (Lipinski definition) is 3. The van der Waals surface area contributed by atoms with Gasteiger partial charge in [0.05, 0.1) is 18.4 Å². The van der Waals surface area contributed by atoms with Crippen LogP contribution in [-0.2, 0) is 0 Å². The number of carbonyl (C=O) groups excluding carboxylic acids is 1. The molecule has 0 aliphatic carbocycles. The van der Waals surface area contributed by atoms with Crippen molar-refractivity contribution in [3.63, 3.8) is 0 Å². The Labute approximate surface area is 112 Å². The summed E-state index contributed by atoms with van der Waals surface area (Å²) >= 11 is 0. The molecular formula is C14H10F3NO2. The van der Waals surface area contributed by atoms with E-state index in [0.29, 0.717) is 17.9 Å². The second-order valence-electron chi connectivity index (χ2n) is 4.03. The van der Waals surface area contributed by atoms with Gasteiger partial charge in [-0.05, 0) is 24.3 Å². The lowest BCUT2D eigenvalue weighted by molar-refractivity contribution is 0.103. The number of halogens is 3. The summed E-state index contributed by atoms with van der Waals surface area (Å²) in [6.45, 7) is 0. The molecule has 2 aromatic carbocycles. The minimum absolute atomic E-state index is 0.0493. The Balaban J connectivity index is 2.46. The van der Waals surface area contributed by atoms with Crippen molar-refractivity contribution >= 4 is 11.5 Å². The van der Waals surface area contributed by atoms with Gasteiger partial charge in [-0.1, -0.05) is 0 Å². The minimum atomic E-state index is -1.35. The van der Waals surface area contributed by atoms with Crippen LogP contribution < -0.4 is 10.5 Å². The number of benzene rings is 2. The Kier molecular flexibility index (Phi) is 3.65. The number of rotatable bonds is 3. The maximum absolute atomic E-state index is 13.5. The Bertz CT molecular complexity index is 686. The van der Waals surface area contributed by atoms with Gasteiger partial charge in [0.15, 0.2) is 17.4 Å². The molecule has 2 rings (SSSR count). The summed E-state index contributed by atoms with van der Waals surface area (Å²) in [7, 11) is 1.40. The molecule has 6 heteroatoms. The van der Waals surface area contributed by atoms with Gasteiger partial charge in [-0.2, -0.15) is 0 Å². The number of hydrogen-bond donors (Lipinski definition) is 1. The number of methoxy groups -OCH3 is 1. The van der Waals surface area contributed by atoms with Crippen molar-refractivity contribution in [2.75, 3.05) is 12.8 Å². The minimum Gasteiger partial charge on any atom is -0.495 e. The topological polar surface area (TPSA) is 52.3 Å². The largest absolute Gasteiger partial charge is 0.495 e. The summed E-state index contributed by atoms with van der Waals surface area (Å²) in [6, 6.07) is 4.92. The van der Waals surface area contributed by atoms with Crippen molar-refractivity contribution in [2.24, 2.45) is 0 Å². The fourth-order valence-electron chi connectivity index (χ4n) is 1.73. The molecule has 2 N–H and O–H groups in total. The second kappa shape index (κ2) is 5.24.